The fourth-order valence-corrected chi connectivity index (χ4v) is 4.58. The van der Waals surface area contributed by atoms with Crippen molar-refractivity contribution in [1.29, 1.82) is 0 Å². The molecular formula is C28H32N8O6. The maximum Gasteiger partial charge on any atom is 0.181 e. The van der Waals surface area contributed by atoms with Crippen LogP contribution in [0.1, 0.15) is 26.9 Å². The molecule has 0 radical (unpaired) electrons. The molecule has 0 saturated carbocycles. The normalized spacial score (nSPS) is 20.1. The lowest BCUT2D eigenvalue weighted by molar-refractivity contribution is -0.0511. The van der Waals surface area contributed by atoms with Gasteiger partial charge in [-0.25, -0.2) is 15.0 Å². The van der Waals surface area contributed by atoms with E-state index < -0.39 is 31.1 Å². The Hall–Kier alpha value is -4.31. The van der Waals surface area contributed by atoms with Crippen LogP contribution in [0.15, 0.2) is 61.2 Å². The molecule has 4 aromatic rings. The molecule has 1 saturated heterocycles. The first-order chi connectivity index (χ1) is 20.4. The number of carbonyl (C=O) groups excluding carboxylic acids is 2. The average molecular weight is 577 g/mol. The second-order valence-corrected chi connectivity index (χ2v) is 9.72. The van der Waals surface area contributed by atoms with Gasteiger partial charge < -0.3 is 41.7 Å². The number of ketones is 2. The molecule has 1 aliphatic rings. The third-order valence-electron chi connectivity index (χ3n) is 6.89. The number of carbonyl (C=O) groups is 2. The smallest absolute Gasteiger partial charge is 0.181 e. The molecule has 0 aliphatic carbocycles. The summed E-state index contributed by atoms with van der Waals surface area (Å²) < 4.78 is 7.07. The number of hydrogen-bond donors (Lipinski definition) is 7. The number of imidazole rings is 1. The van der Waals surface area contributed by atoms with E-state index in [-0.39, 0.29) is 24.7 Å². The minimum absolute atomic E-state index is 0.0338. The summed E-state index contributed by atoms with van der Waals surface area (Å²) in [5.74, 6) is 0.242. The summed E-state index contributed by atoms with van der Waals surface area (Å²) in [6.07, 6.45) is -1.68. The second kappa shape index (κ2) is 13.1. The van der Waals surface area contributed by atoms with Crippen LogP contribution in [0.25, 0.3) is 11.2 Å². The Bertz CT molecular complexity index is 1530. The number of hydrogen-bond acceptors (Lipinski definition) is 13. The van der Waals surface area contributed by atoms with Gasteiger partial charge in [-0.15, -0.1) is 0 Å². The Labute approximate surface area is 240 Å². The van der Waals surface area contributed by atoms with Gasteiger partial charge in [0.1, 0.15) is 24.6 Å². The molecule has 0 unspecified atom stereocenters. The summed E-state index contributed by atoms with van der Waals surface area (Å²) in [4.78, 5) is 37.8. The van der Waals surface area contributed by atoms with E-state index in [1.807, 2.05) is 0 Å². The monoisotopic (exact) mass is 576 g/mol. The third kappa shape index (κ3) is 6.28. The van der Waals surface area contributed by atoms with Crippen LogP contribution in [-0.4, -0.2) is 97.5 Å². The molecule has 1 aliphatic heterocycles. The molecule has 2 aromatic carbocycles. The zero-order chi connectivity index (χ0) is 29.6. The zero-order valence-electron chi connectivity index (χ0n) is 22.6. The molecular weight excluding hydrogens is 544 g/mol. The van der Waals surface area contributed by atoms with Gasteiger partial charge in [-0.2, -0.15) is 0 Å². The van der Waals surface area contributed by atoms with Crippen LogP contribution in [-0.2, 0) is 4.74 Å². The van der Waals surface area contributed by atoms with Crippen molar-refractivity contribution in [3.05, 3.63) is 72.3 Å². The third-order valence-corrected chi connectivity index (χ3v) is 6.89. The molecule has 3 heterocycles. The van der Waals surface area contributed by atoms with Crippen molar-refractivity contribution in [3.63, 3.8) is 0 Å². The van der Waals surface area contributed by atoms with Gasteiger partial charge in [0, 0.05) is 35.6 Å². The standard InChI is InChI=1S/C28H32N8O6/c29-9-10-30-11-20(38)16-1-5-18(6-2-16)31-12-21(39)17-3-7-19(8-4-17)35-26-23-27(33-14-32-26)36(15-34-23)28-25(41)24(40)22(13-37)42-28/h1-8,14-15,22,24-25,28,30-31,37,40-41H,9-13,29H2,(H,32,33,35)/t22-,24-,25-,28-/m1/s1. The Morgan fingerprint density at radius 2 is 1.57 bits per heavy atom. The number of aliphatic hydroxyl groups is 3. The average Bonchev–Trinajstić information content (AvgIpc) is 3.57. The molecule has 220 valence electrons. The summed E-state index contributed by atoms with van der Waals surface area (Å²) in [7, 11) is 0. The maximum absolute atomic E-state index is 12.8. The molecule has 0 bridgehead atoms. The highest BCUT2D eigenvalue weighted by Gasteiger charge is 2.44. The van der Waals surface area contributed by atoms with E-state index in [0.29, 0.717) is 46.9 Å². The first-order valence-corrected chi connectivity index (χ1v) is 13.4. The lowest BCUT2D eigenvalue weighted by Crippen LogP contribution is -2.33. The van der Waals surface area contributed by atoms with Crippen LogP contribution < -0.4 is 21.7 Å². The van der Waals surface area contributed by atoms with Crippen molar-refractivity contribution in [2.45, 2.75) is 24.5 Å². The van der Waals surface area contributed by atoms with Crippen LogP contribution in [0.2, 0.25) is 0 Å². The molecule has 14 heteroatoms. The number of nitrogens with two attached hydrogens (primary N) is 1. The van der Waals surface area contributed by atoms with Crippen LogP contribution in [0.4, 0.5) is 17.2 Å². The largest absolute Gasteiger partial charge is 0.394 e. The van der Waals surface area contributed by atoms with Crippen molar-refractivity contribution >= 4 is 39.9 Å². The summed E-state index contributed by atoms with van der Waals surface area (Å²) >= 11 is 0. The lowest BCUT2D eigenvalue weighted by atomic mass is 10.1. The highest BCUT2D eigenvalue weighted by atomic mass is 16.6. The van der Waals surface area contributed by atoms with E-state index in [2.05, 4.69) is 30.9 Å². The minimum atomic E-state index is -1.27. The Kier molecular flexibility index (Phi) is 9.12. The second-order valence-electron chi connectivity index (χ2n) is 9.72. The van der Waals surface area contributed by atoms with E-state index in [4.69, 9.17) is 10.5 Å². The Morgan fingerprint density at radius 3 is 2.21 bits per heavy atom. The fourth-order valence-electron chi connectivity index (χ4n) is 4.58. The molecule has 14 nitrogen and oxygen atoms in total. The number of aromatic nitrogens is 4. The van der Waals surface area contributed by atoms with Gasteiger partial charge >= 0.3 is 0 Å². The zero-order valence-corrected chi connectivity index (χ0v) is 22.6. The highest BCUT2D eigenvalue weighted by molar-refractivity contribution is 6.00. The van der Waals surface area contributed by atoms with Crippen LogP contribution >= 0.6 is 0 Å². The van der Waals surface area contributed by atoms with Gasteiger partial charge in [0.2, 0.25) is 0 Å². The van der Waals surface area contributed by atoms with Crippen molar-refractivity contribution in [3.8, 4) is 0 Å². The molecule has 1 fully saturated rings. The SMILES string of the molecule is NCCNCC(=O)c1ccc(NCC(=O)c2ccc(Nc3ncnc4c3ncn4[C@@H]3O[C@H](CO)[C@@H](O)[C@H]3O)cc2)cc1. The van der Waals surface area contributed by atoms with Crippen LogP contribution in [0.3, 0.4) is 0 Å². The number of nitrogens with one attached hydrogen (secondary N) is 3. The molecule has 8 N–H and O–H groups in total. The summed E-state index contributed by atoms with van der Waals surface area (Å²) in [5, 5.41) is 39.1. The molecule has 0 amide bonds. The number of aliphatic hydroxyl groups excluding tert-OH is 3. The number of benzene rings is 2. The maximum atomic E-state index is 12.8. The molecule has 0 spiro atoms. The highest BCUT2D eigenvalue weighted by Crippen LogP contribution is 2.32. The topological polar surface area (TPSA) is 210 Å². The van der Waals surface area contributed by atoms with Crippen LogP contribution in [0, 0.1) is 0 Å². The predicted molar refractivity (Wildman–Crippen MR) is 154 cm³/mol. The van der Waals surface area contributed by atoms with E-state index in [1.165, 1.54) is 17.2 Å². The van der Waals surface area contributed by atoms with E-state index in [0.717, 1.165) is 5.69 Å². The van der Waals surface area contributed by atoms with Gasteiger partial charge in [0.05, 0.1) is 26.0 Å². The first-order valence-electron chi connectivity index (χ1n) is 13.4. The molecule has 5 rings (SSSR count). The minimum Gasteiger partial charge on any atom is -0.394 e. The number of nitrogens with zero attached hydrogens (tertiary/aromatic N) is 4. The quantitative estimate of drug-likeness (QED) is 0.0839. The Morgan fingerprint density at radius 1 is 0.905 bits per heavy atom. The van der Waals surface area contributed by atoms with Gasteiger partial charge in [0.15, 0.2) is 34.8 Å². The van der Waals surface area contributed by atoms with Crippen molar-refractivity contribution in [1.82, 2.24) is 24.8 Å². The molecule has 2 aromatic heterocycles. The predicted octanol–water partition coefficient (Wildman–Crippen LogP) is 0.207. The van der Waals surface area contributed by atoms with Crippen molar-refractivity contribution < 1.29 is 29.6 Å². The van der Waals surface area contributed by atoms with E-state index in [1.54, 1.807) is 48.5 Å². The van der Waals surface area contributed by atoms with Crippen molar-refractivity contribution in [2.24, 2.45) is 5.73 Å². The fraction of sp³-hybridized carbons (Fsp3) is 0.321. The van der Waals surface area contributed by atoms with E-state index in [9.17, 15) is 24.9 Å². The number of anilines is 3. The van der Waals surface area contributed by atoms with Crippen LogP contribution in [0.5, 0.6) is 0 Å². The number of rotatable bonds is 13. The van der Waals surface area contributed by atoms with Gasteiger partial charge in [-0.3, -0.25) is 14.2 Å². The number of Topliss-reactive ketones (excluding diaryl/α,β-unsaturated/α-hetero) is 2. The molecule has 42 heavy (non-hydrogen) atoms. The number of ether oxygens (including phenoxy) is 1. The van der Waals surface area contributed by atoms with Crippen molar-refractivity contribution in [2.75, 3.05) is 43.4 Å². The molecule has 4 atom stereocenters. The summed E-state index contributed by atoms with van der Waals surface area (Å²) in [5.41, 5.74) is 8.64. The summed E-state index contributed by atoms with van der Waals surface area (Å²) in [6, 6.07) is 13.8. The van der Waals surface area contributed by atoms with E-state index >= 15 is 0 Å². The summed E-state index contributed by atoms with van der Waals surface area (Å²) in [6.45, 7) is 0.881. The Balaban J connectivity index is 1.19. The lowest BCUT2D eigenvalue weighted by Gasteiger charge is -2.16. The number of fused-ring (bicyclic) bond motifs is 1. The van der Waals surface area contributed by atoms with Gasteiger partial charge in [-0.05, 0) is 48.5 Å². The van der Waals surface area contributed by atoms with Gasteiger partial charge in [-0.1, -0.05) is 0 Å². The first kappa shape index (κ1) is 29.2. The van der Waals surface area contributed by atoms with Gasteiger partial charge in [0.25, 0.3) is 0 Å².